The van der Waals surface area contributed by atoms with Crippen LogP contribution in [0.1, 0.15) is 24.0 Å². The minimum absolute atomic E-state index is 0.817. The van der Waals surface area contributed by atoms with Crippen LogP contribution in [0.4, 0.5) is 0 Å². The van der Waals surface area contributed by atoms with Gasteiger partial charge in [0.15, 0.2) is 0 Å². The molecular weight excluding hydrogens is 226 g/mol. The molecule has 1 aromatic rings. The van der Waals surface area contributed by atoms with Gasteiger partial charge in [0.05, 0.1) is 11.6 Å². The SMILES string of the molecule is N#Cc1ccccc1CCCCBr. The van der Waals surface area contributed by atoms with Gasteiger partial charge in [0, 0.05) is 5.33 Å². The molecule has 1 aromatic carbocycles. The topological polar surface area (TPSA) is 23.8 Å². The van der Waals surface area contributed by atoms with Gasteiger partial charge < -0.3 is 0 Å². The van der Waals surface area contributed by atoms with Gasteiger partial charge in [-0.3, -0.25) is 0 Å². The van der Waals surface area contributed by atoms with Crippen LogP contribution in [0.2, 0.25) is 0 Å². The van der Waals surface area contributed by atoms with Crippen molar-refractivity contribution in [3.05, 3.63) is 35.4 Å². The summed E-state index contributed by atoms with van der Waals surface area (Å²) in [4.78, 5) is 0. The molecule has 0 unspecified atom stereocenters. The van der Waals surface area contributed by atoms with Gasteiger partial charge in [-0.05, 0) is 30.9 Å². The number of halogens is 1. The Hall–Kier alpha value is -0.810. The predicted molar refractivity (Wildman–Crippen MR) is 57.9 cm³/mol. The van der Waals surface area contributed by atoms with E-state index in [-0.39, 0.29) is 0 Å². The smallest absolute Gasteiger partial charge is 0.0994 e. The number of benzene rings is 1. The Bertz CT molecular complexity index is 301. The molecule has 13 heavy (non-hydrogen) atoms. The number of nitrogens with zero attached hydrogens (tertiary/aromatic N) is 1. The summed E-state index contributed by atoms with van der Waals surface area (Å²) in [6.45, 7) is 0. The van der Waals surface area contributed by atoms with Gasteiger partial charge in [0.2, 0.25) is 0 Å². The highest BCUT2D eigenvalue weighted by Gasteiger charge is 1.99. The molecule has 2 heteroatoms. The Kier molecular flexibility index (Phi) is 4.56. The third-order valence-electron chi connectivity index (χ3n) is 1.97. The third-order valence-corrected chi connectivity index (χ3v) is 2.53. The second-order valence-corrected chi connectivity index (χ2v) is 3.71. The molecule has 0 N–H and O–H groups in total. The molecule has 0 aromatic heterocycles. The van der Waals surface area contributed by atoms with Gasteiger partial charge in [0.25, 0.3) is 0 Å². The summed E-state index contributed by atoms with van der Waals surface area (Å²) in [6.07, 6.45) is 3.32. The van der Waals surface area contributed by atoms with Gasteiger partial charge >= 0.3 is 0 Å². The summed E-state index contributed by atoms with van der Waals surface area (Å²) >= 11 is 3.39. The van der Waals surface area contributed by atoms with Crippen molar-refractivity contribution in [1.29, 1.82) is 5.26 Å². The van der Waals surface area contributed by atoms with Crippen LogP contribution in [0.15, 0.2) is 24.3 Å². The summed E-state index contributed by atoms with van der Waals surface area (Å²) in [5.74, 6) is 0. The summed E-state index contributed by atoms with van der Waals surface area (Å²) in [6, 6.07) is 10.0. The van der Waals surface area contributed by atoms with E-state index < -0.39 is 0 Å². The number of alkyl halides is 1. The highest BCUT2D eigenvalue weighted by atomic mass is 79.9. The number of nitriles is 1. The van der Waals surface area contributed by atoms with E-state index in [1.54, 1.807) is 0 Å². The van der Waals surface area contributed by atoms with Crippen LogP contribution in [-0.2, 0) is 6.42 Å². The Morgan fingerprint density at radius 2 is 2.00 bits per heavy atom. The van der Waals surface area contributed by atoms with Gasteiger partial charge in [-0.2, -0.15) is 5.26 Å². The van der Waals surface area contributed by atoms with Crippen LogP contribution >= 0.6 is 15.9 Å². The molecule has 0 saturated carbocycles. The molecular formula is C11H12BrN. The molecule has 0 atom stereocenters. The second kappa shape index (κ2) is 5.77. The second-order valence-electron chi connectivity index (χ2n) is 2.92. The zero-order valence-electron chi connectivity index (χ0n) is 7.46. The van der Waals surface area contributed by atoms with Gasteiger partial charge in [-0.1, -0.05) is 34.1 Å². The molecule has 1 rings (SSSR count). The number of unbranched alkanes of at least 4 members (excludes halogenated alkanes) is 1. The van der Waals surface area contributed by atoms with Crippen molar-refractivity contribution in [3.63, 3.8) is 0 Å². The summed E-state index contributed by atoms with van der Waals surface area (Å²) in [7, 11) is 0. The lowest BCUT2D eigenvalue weighted by Crippen LogP contribution is -1.90. The average Bonchev–Trinajstić information content (AvgIpc) is 2.19. The molecule has 0 heterocycles. The molecule has 0 spiro atoms. The fourth-order valence-corrected chi connectivity index (χ4v) is 1.65. The van der Waals surface area contributed by atoms with E-state index in [9.17, 15) is 0 Å². The lowest BCUT2D eigenvalue weighted by Gasteiger charge is -2.01. The summed E-state index contributed by atoms with van der Waals surface area (Å²) in [5.41, 5.74) is 1.99. The van der Waals surface area contributed by atoms with Crippen LogP contribution in [0.3, 0.4) is 0 Å². The molecule has 0 aliphatic heterocycles. The van der Waals surface area contributed by atoms with Gasteiger partial charge in [0.1, 0.15) is 0 Å². The minimum atomic E-state index is 0.817. The third kappa shape index (κ3) is 3.20. The van der Waals surface area contributed by atoms with Crippen LogP contribution in [0.25, 0.3) is 0 Å². The molecule has 68 valence electrons. The van der Waals surface area contributed by atoms with Crippen molar-refractivity contribution >= 4 is 15.9 Å². The lowest BCUT2D eigenvalue weighted by atomic mass is 10.0. The summed E-state index contributed by atoms with van der Waals surface area (Å²) in [5, 5.41) is 9.86. The molecule has 0 saturated heterocycles. The number of rotatable bonds is 4. The monoisotopic (exact) mass is 237 g/mol. The maximum absolute atomic E-state index is 8.82. The Morgan fingerprint density at radius 3 is 2.69 bits per heavy atom. The van der Waals surface area contributed by atoms with Crippen LogP contribution in [0, 0.1) is 11.3 Å². The number of hydrogen-bond acceptors (Lipinski definition) is 1. The van der Waals surface area contributed by atoms with E-state index in [1.165, 1.54) is 12.0 Å². The Labute approximate surface area is 87.5 Å². The highest BCUT2D eigenvalue weighted by molar-refractivity contribution is 9.09. The largest absolute Gasteiger partial charge is 0.192 e. The van der Waals surface area contributed by atoms with Crippen LogP contribution in [-0.4, -0.2) is 5.33 Å². The predicted octanol–water partition coefficient (Wildman–Crippen LogP) is 3.28. The van der Waals surface area contributed by atoms with Crippen molar-refractivity contribution < 1.29 is 0 Å². The first-order chi connectivity index (χ1) is 6.38. The van der Waals surface area contributed by atoms with Crippen molar-refractivity contribution in [2.24, 2.45) is 0 Å². The number of hydrogen-bond donors (Lipinski definition) is 0. The maximum Gasteiger partial charge on any atom is 0.0994 e. The quantitative estimate of drug-likeness (QED) is 0.583. The normalized spacial score (nSPS) is 9.54. The van der Waals surface area contributed by atoms with Crippen LogP contribution < -0.4 is 0 Å². The minimum Gasteiger partial charge on any atom is -0.192 e. The van der Waals surface area contributed by atoms with Crippen molar-refractivity contribution in [1.82, 2.24) is 0 Å². The van der Waals surface area contributed by atoms with Gasteiger partial charge in [-0.15, -0.1) is 0 Å². The first-order valence-electron chi connectivity index (χ1n) is 4.42. The van der Waals surface area contributed by atoms with E-state index in [2.05, 4.69) is 22.0 Å². The molecule has 1 nitrogen and oxygen atoms in total. The zero-order chi connectivity index (χ0) is 9.52. The highest BCUT2D eigenvalue weighted by Crippen LogP contribution is 2.11. The maximum atomic E-state index is 8.82. The first kappa shape index (κ1) is 10.3. The Balaban J connectivity index is 2.60. The average molecular weight is 238 g/mol. The van der Waals surface area contributed by atoms with E-state index >= 15 is 0 Å². The molecule has 0 radical (unpaired) electrons. The van der Waals surface area contributed by atoms with Gasteiger partial charge in [-0.25, -0.2) is 0 Å². The fourth-order valence-electron chi connectivity index (χ4n) is 1.26. The van der Waals surface area contributed by atoms with Crippen molar-refractivity contribution in [2.75, 3.05) is 5.33 Å². The van der Waals surface area contributed by atoms with E-state index in [0.29, 0.717) is 0 Å². The molecule has 0 fully saturated rings. The van der Waals surface area contributed by atoms with E-state index in [1.807, 2.05) is 24.3 Å². The summed E-state index contributed by atoms with van der Waals surface area (Å²) < 4.78 is 0. The van der Waals surface area contributed by atoms with Crippen molar-refractivity contribution in [2.45, 2.75) is 19.3 Å². The fraction of sp³-hybridized carbons (Fsp3) is 0.364. The molecule has 0 aliphatic carbocycles. The molecule has 0 aliphatic rings. The lowest BCUT2D eigenvalue weighted by molar-refractivity contribution is 0.804. The standard InChI is InChI=1S/C11H12BrN/c12-8-4-3-6-10-5-1-2-7-11(10)9-13/h1-2,5,7H,3-4,6,8H2. The zero-order valence-corrected chi connectivity index (χ0v) is 9.05. The van der Waals surface area contributed by atoms with E-state index in [4.69, 9.17) is 5.26 Å². The number of aryl methyl sites for hydroxylation is 1. The first-order valence-corrected chi connectivity index (χ1v) is 5.54. The van der Waals surface area contributed by atoms with E-state index in [0.717, 1.165) is 23.7 Å². The molecule has 0 bridgehead atoms. The van der Waals surface area contributed by atoms with Crippen LogP contribution in [0.5, 0.6) is 0 Å². The molecule has 0 amide bonds. The van der Waals surface area contributed by atoms with Crippen molar-refractivity contribution in [3.8, 4) is 6.07 Å². The Morgan fingerprint density at radius 1 is 1.23 bits per heavy atom.